The molecule has 0 saturated carbocycles. The number of pyridine rings is 1. The number of hydrogen-bond donors (Lipinski definition) is 0. The molecule has 4 rings (SSSR count). The zero-order chi connectivity index (χ0) is 16.5. The maximum Gasteiger partial charge on any atom is 0.165 e. The SMILES string of the molecule is Cc1cc(C)c2c(N3CCC[C@@H](Cn4ccnc4)C3)ncnc2n1. The average molecular weight is 322 g/mol. The van der Waals surface area contributed by atoms with Crippen LogP contribution in [0.5, 0.6) is 0 Å². The van der Waals surface area contributed by atoms with Gasteiger partial charge in [0.1, 0.15) is 12.1 Å². The van der Waals surface area contributed by atoms with Crippen LogP contribution in [0.4, 0.5) is 5.82 Å². The summed E-state index contributed by atoms with van der Waals surface area (Å²) in [6, 6.07) is 2.11. The Labute approximate surface area is 141 Å². The van der Waals surface area contributed by atoms with E-state index in [1.54, 1.807) is 6.33 Å². The number of rotatable bonds is 3. The first kappa shape index (κ1) is 15.1. The van der Waals surface area contributed by atoms with E-state index in [-0.39, 0.29) is 0 Å². The number of anilines is 1. The molecular weight excluding hydrogens is 300 g/mol. The predicted octanol–water partition coefficient (Wildman–Crippen LogP) is 2.75. The molecule has 0 aliphatic carbocycles. The molecule has 0 aromatic carbocycles. The smallest absolute Gasteiger partial charge is 0.165 e. The van der Waals surface area contributed by atoms with E-state index in [2.05, 4.69) is 42.4 Å². The molecule has 0 spiro atoms. The third kappa shape index (κ3) is 2.84. The Hall–Kier alpha value is -2.50. The van der Waals surface area contributed by atoms with Crippen LogP contribution in [-0.2, 0) is 6.54 Å². The van der Waals surface area contributed by atoms with E-state index in [9.17, 15) is 0 Å². The van der Waals surface area contributed by atoms with Gasteiger partial charge in [-0.25, -0.2) is 19.9 Å². The second kappa shape index (κ2) is 6.19. The van der Waals surface area contributed by atoms with Gasteiger partial charge in [-0.15, -0.1) is 0 Å². The molecule has 24 heavy (non-hydrogen) atoms. The van der Waals surface area contributed by atoms with E-state index in [0.717, 1.165) is 42.2 Å². The number of fused-ring (bicyclic) bond motifs is 1. The molecule has 1 fully saturated rings. The lowest BCUT2D eigenvalue weighted by Crippen LogP contribution is -2.37. The number of piperidine rings is 1. The topological polar surface area (TPSA) is 59.7 Å². The van der Waals surface area contributed by atoms with Crippen molar-refractivity contribution in [3.63, 3.8) is 0 Å². The predicted molar refractivity (Wildman–Crippen MR) is 94.0 cm³/mol. The van der Waals surface area contributed by atoms with Gasteiger partial charge in [-0.3, -0.25) is 0 Å². The number of aromatic nitrogens is 5. The fourth-order valence-electron chi connectivity index (χ4n) is 3.73. The summed E-state index contributed by atoms with van der Waals surface area (Å²) in [4.78, 5) is 20.1. The molecule has 1 atom stereocenters. The van der Waals surface area contributed by atoms with Crippen LogP contribution in [-0.4, -0.2) is 37.6 Å². The number of imidazole rings is 1. The van der Waals surface area contributed by atoms with Gasteiger partial charge in [0, 0.05) is 37.7 Å². The molecule has 0 N–H and O–H groups in total. The highest BCUT2D eigenvalue weighted by atomic mass is 15.2. The normalized spacial score (nSPS) is 18.2. The molecule has 6 nitrogen and oxygen atoms in total. The van der Waals surface area contributed by atoms with E-state index in [1.807, 2.05) is 25.6 Å². The molecule has 0 unspecified atom stereocenters. The lowest BCUT2D eigenvalue weighted by atomic mass is 9.97. The quantitative estimate of drug-likeness (QED) is 0.742. The Morgan fingerprint density at radius 1 is 1.25 bits per heavy atom. The summed E-state index contributed by atoms with van der Waals surface area (Å²) < 4.78 is 2.17. The molecule has 1 saturated heterocycles. The molecule has 0 bridgehead atoms. The second-order valence-electron chi connectivity index (χ2n) is 6.69. The van der Waals surface area contributed by atoms with Crippen molar-refractivity contribution in [2.45, 2.75) is 33.2 Å². The van der Waals surface area contributed by atoms with E-state index < -0.39 is 0 Å². The highest BCUT2D eigenvalue weighted by Crippen LogP contribution is 2.29. The van der Waals surface area contributed by atoms with Gasteiger partial charge in [-0.2, -0.15) is 0 Å². The Morgan fingerprint density at radius 2 is 2.17 bits per heavy atom. The molecule has 0 amide bonds. The first-order valence-electron chi connectivity index (χ1n) is 8.50. The highest BCUT2D eigenvalue weighted by Gasteiger charge is 2.23. The number of aryl methyl sites for hydroxylation is 2. The van der Waals surface area contributed by atoms with Crippen LogP contribution < -0.4 is 4.90 Å². The molecule has 6 heteroatoms. The summed E-state index contributed by atoms with van der Waals surface area (Å²) in [6.45, 7) is 7.19. The third-order valence-electron chi connectivity index (χ3n) is 4.76. The lowest BCUT2D eigenvalue weighted by Gasteiger charge is -2.34. The van der Waals surface area contributed by atoms with Crippen LogP contribution in [0.25, 0.3) is 11.0 Å². The van der Waals surface area contributed by atoms with E-state index in [0.29, 0.717) is 5.92 Å². The summed E-state index contributed by atoms with van der Waals surface area (Å²) in [7, 11) is 0. The summed E-state index contributed by atoms with van der Waals surface area (Å²) in [5.41, 5.74) is 3.00. The summed E-state index contributed by atoms with van der Waals surface area (Å²) in [5.74, 6) is 1.64. The fourth-order valence-corrected chi connectivity index (χ4v) is 3.73. The zero-order valence-electron chi connectivity index (χ0n) is 14.2. The Morgan fingerprint density at radius 3 is 3.00 bits per heavy atom. The van der Waals surface area contributed by atoms with Crippen LogP contribution >= 0.6 is 0 Å². The first-order chi connectivity index (χ1) is 11.7. The summed E-state index contributed by atoms with van der Waals surface area (Å²) >= 11 is 0. The number of hydrogen-bond acceptors (Lipinski definition) is 5. The highest BCUT2D eigenvalue weighted by molar-refractivity contribution is 5.90. The molecule has 1 aliphatic rings. The Kier molecular flexibility index (Phi) is 3.88. The molecule has 0 radical (unpaired) electrons. The van der Waals surface area contributed by atoms with Crippen LogP contribution in [0.15, 0.2) is 31.1 Å². The minimum atomic E-state index is 0.608. The van der Waals surface area contributed by atoms with Crippen molar-refractivity contribution < 1.29 is 0 Å². The standard InChI is InChI=1S/C18H22N6/c1-13-8-14(2)22-17-16(13)18(21-11-20-17)24-6-3-4-15(10-24)9-23-7-5-19-12-23/h5,7-8,11-12,15H,3-4,6,9-10H2,1-2H3/t15-/m0/s1. The average Bonchev–Trinajstić information content (AvgIpc) is 3.07. The van der Waals surface area contributed by atoms with Crippen molar-refractivity contribution in [3.8, 4) is 0 Å². The molecule has 3 aromatic heterocycles. The van der Waals surface area contributed by atoms with Crippen molar-refractivity contribution in [3.05, 3.63) is 42.4 Å². The minimum Gasteiger partial charge on any atom is -0.356 e. The maximum atomic E-state index is 4.61. The van der Waals surface area contributed by atoms with E-state index >= 15 is 0 Å². The molecule has 3 aromatic rings. The Bertz CT molecular complexity index is 842. The second-order valence-corrected chi connectivity index (χ2v) is 6.69. The largest absolute Gasteiger partial charge is 0.356 e. The van der Waals surface area contributed by atoms with Gasteiger partial charge in [0.2, 0.25) is 0 Å². The molecule has 1 aliphatic heterocycles. The van der Waals surface area contributed by atoms with Crippen LogP contribution in [0, 0.1) is 19.8 Å². The van der Waals surface area contributed by atoms with Gasteiger partial charge in [0.05, 0.1) is 11.7 Å². The Balaban J connectivity index is 1.64. The monoisotopic (exact) mass is 322 g/mol. The third-order valence-corrected chi connectivity index (χ3v) is 4.76. The van der Waals surface area contributed by atoms with Crippen LogP contribution in [0.1, 0.15) is 24.1 Å². The van der Waals surface area contributed by atoms with Gasteiger partial charge in [-0.05, 0) is 44.2 Å². The maximum absolute atomic E-state index is 4.61. The summed E-state index contributed by atoms with van der Waals surface area (Å²) in [6.07, 6.45) is 9.85. The summed E-state index contributed by atoms with van der Waals surface area (Å²) in [5, 5.41) is 1.09. The van der Waals surface area contributed by atoms with E-state index in [4.69, 9.17) is 0 Å². The molecule has 124 valence electrons. The van der Waals surface area contributed by atoms with Crippen LogP contribution in [0.3, 0.4) is 0 Å². The van der Waals surface area contributed by atoms with Gasteiger partial charge in [0.25, 0.3) is 0 Å². The van der Waals surface area contributed by atoms with Gasteiger partial charge in [0.15, 0.2) is 5.65 Å². The van der Waals surface area contributed by atoms with E-state index in [1.165, 1.54) is 18.4 Å². The lowest BCUT2D eigenvalue weighted by molar-refractivity contribution is 0.365. The fraction of sp³-hybridized carbons (Fsp3) is 0.444. The van der Waals surface area contributed by atoms with Gasteiger partial charge < -0.3 is 9.47 Å². The van der Waals surface area contributed by atoms with Crippen LogP contribution in [0.2, 0.25) is 0 Å². The van der Waals surface area contributed by atoms with Crippen molar-refractivity contribution in [2.24, 2.45) is 5.92 Å². The molecular formula is C18H22N6. The van der Waals surface area contributed by atoms with Gasteiger partial charge >= 0.3 is 0 Å². The molecule has 4 heterocycles. The van der Waals surface area contributed by atoms with Crippen molar-refractivity contribution >= 4 is 16.9 Å². The minimum absolute atomic E-state index is 0.608. The van der Waals surface area contributed by atoms with Crippen molar-refractivity contribution in [1.29, 1.82) is 0 Å². The number of nitrogens with zero attached hydrogens (tertiary/aromatic N) is 6. The van der Waals surface area contributed by atoms with Gasteiger partial charge in [-0.1, -0.05) is 0 Å². The first-order valence-corrected chi connectivity index (χ1v) is 8.50. The zero-order valence-corrected chi connectivity index (χ0v) is 14.2. The van der Waals surface area contributed by atoms with Crippen molar-refractivity contribution in [1.82, 2.24) is 24.5 Å². The van der Waals surface area contributed by atoms with Crippen molar-refractivity contribution in [2.75, 3.05) is 18.0 Å².